The molecule has 0 saturated heterocycles. The van der Waals surface area contributed by atoms with E-state index in [1.54, 1.807) is 31.2 Å². The van der Waals surface area contributed by atoms with Gasteiger partial charge in [0.2, 0.25) is 0 Å². The number of hydrogen-bond acceptors (Lipinski definition) is 6. The maximum Gasteiger partial charge on any atom is 0.426 e. The monoisotopic (exact) mass is 362 g/mol. The molecule has 0 unspecified atom stereocenters. The molecule has 0 aliphatic carbocycles. The van der Waals surface area contributed by atoms with Crippen molar-refractivity contribution in [3.8, 4) is 5.75 Å². The van der Waals surface area contributed by atoms with Gasteiger partial charge in [-0.1, -0.05) is 68.0 Å². The van der Waals surface area contributed by atoms with Gasteiger partial charge in [0.15, 0.2) is 0 Å². The van der Waals surface area contributed by atoms with E-state index in [4.69, 9.17) is 5.11 Å². The van der Waals surface area contributed by atoms with Gasteiger partial charge in [0.1, 0.15) is 5.75 Å². The van der Waals surface area contributed by atoms with Gasteiger partial charge in [-0.25, -0.2) is 9.07 Å². The standard InChI is InChI=1S/C11H24O5S.C6H6O/c1-3-5-6-7-8-9-10-11-15-17(12,13)16-14-4-2;7-6-4-2-1-3-5-6/h3-11H2,1-2H3;1-5,7H. The molecule has 0 bridgehead atoms. The second kappa shape index (κ2) is 15.4. The summed E-state index contributed by atoms with van der Waals surface area (Å²) in [7, 11) is -3.97. The van der Waals surface area contributed by atoms with Crippen molar-refractivity contribution >= 4 is 10.4 Å². The van der Waals surface area contributed by atoms with E-state index in [2.05, 4.69) is 20.3 Å². The summed E-state index contributed by atoms with van der Waals surface area (Å²) in [5.41, 5.74) is 0. The molecular formula is C17H30O6S. The first-order chi connectivity index (χ1) is 11.5. The first-order valence-electron chi connectivity index (χ1n) is 8.46. The molecule has 0 saturated carbocycles. The van der Waals surface area contributed by atoms with Gasteiger partial charge in [-0.2, -0.15) is 8.42 Å². The van der Waals surface area contributed by atoms with Gasteiger partial charge in [0, 0.05) is 0 Å². The van der Waals surface area contributed by atoms with Crippen molar-refractivity contribution in [3.63, 3.8) is 0 Å². The number of phenolic OH excluding ortho intramolecular Hbond substituents is 1. The van der Waals surface area contributed by atoms with E-state index >= 15 is 0 Å². The lowest BCUT2D eigenvalue weighted by Crippen LogP contribution is -2.11. The second-order valence-electron chi connectivity index (χ2n) is 5.16. The highest BCUT2D eigenvalue weighted by atomic mass is 32.3. The number of hydrogen-bond donors (Lipinski definition) is 1. The van der Waals surface area contributed by atoms with Crippen LogP contribution in [0.25, 0.3) is 0 Å². The van der Waals surface area contributed by atoms with Crippen LogP contribution in [0.5, 0.6) is 5.75 Å². The van der Waals surface area contributed by atoms with Crippen LogP contribution in [0.15, 0.2) is 30.3 Å². The maximum absolute atomic E-state index is 11.0. The third kappa shape index (κ3) is 15.7. The summed E-state index contributed by atoms with van der Waals surface area (Å²) in [5.74, 6) is 0.322. The normalized spacial score (nSPS) is 10.9. The molecule has 7 heteroatoms. The van der Waals surface area contributed by atoms with Crippen LogP contribution in [0, 0.1) is 0 Å². The molecule has 0 heterocycles. The SMILES string of the molecule is CCCCCCCCCOS(=O)(=O)OOCC.Oc1ccccc1. The molecule has 140 valence electrons. The molecule has 0 aromatic heterocycles. The Morgan fingerprint density at radius 3 is 2.00 bits per heavy atom. The number of para-hydroxylation sites is 1. The lowest BCUT2D eigenvalue weighted by molar-refractivity contribution is -0.205. The third-order valence-electron chi connectivity index (χ3n) is 2.98. The van der Waals surface area contributed by atoms with Gasteiger partial charge < -0.3 is 5.11 Å². The average molecular weight is 362 g/mol. The molecule has 1 aromatic carbocycles. The number of rotatable bonds is 12. The van der Waals surface area contributed by atoms with Gasteiger partial charge in [-0.3, -0.25) is 0 Å². The Bertz CT molecular complexity index is 475. The van der Waals surface area contributed by atoms with Crippen molar-refractivity contribution in [3.05, 3.63) is 30.3 Å². The molecule has 0 aliphatic heterocycles. The minimum atomic E-state index is -3.97. The van der Waals surface area contributed by atoms with E-state index in [0.717, 1.165) is 19.3 Å². The predicted octanol–water partition coefficient (Wildman–Crippen LogP) is 4.36. The number of aromatic hydroxyl groups is 1. The van der Waals surface area contributed by atoms with Crippen molar-refractivity contribution < 1.29 is 26.9 Å². The minimum Gasteiger partial charge on any atom is -0.508 e. The first-order valence-corrected chi connectivity index (χ1v) is 9.79. The largest absolute Gasteiger partial charge is 0.508 e. The quantitative estimate of drug-likeness (QED) is 0.338. The zero-order valence-corrected chi connectivity index (χ0v) is 15.5. The minimum absolute atomic E-state index is 0.156. The molecule has 24 heavy (non-hydrogen) atoms. The Morgan fingerprint density at radius 2 is 1.50 bits per heavy atom. The summed E-state index contributed by atoms with van der Waals surface area (Å²) in [4.78, 5) is 4.31. The molecule has 0 spiro atoms. The zero-order valence-electron chi connectivity index (χ0n) is 14.6. The van der Waals surface area contributed by atoms with Crippen molar-refractivity contribution in [1.29, 1.82) is 0 Å². The predicted molar refractivity (Wildman–Crippen MR) is 93.7 cm³/mol. The fourth-order valence-electron chi connectivity index (χ4n) is 1.77. The highest BCUT2D eigenvalue weighted by Gasteiger charge is 2.12. The Balaban J connectivity index is 0.000000620. The van der Waals surface area contributed by atoms with Crippen LogP contribution < -0.4 is 0 Å². The summed E-state index contributed by atoms with van der Waals surface area (Å²) in [6, 6.07) is 8.71. The summed E-state index contributed by atoms with van der Waals surface area (Å²) >= 11 is 0. The first kappa shape index (κ1) is 22.9. The van der Waals surface area contributed by atoms with E-state index in [1.165, 1.54) is 25.7 Å². The molecule has 1 aromatic rings. The molecule has 0 amide bonds. The van der Waals surface area contributed by atoms with Crippen molar-refractivity contribution in [1.82, 2.24) is 0 Å². The molecule has 0 fully saturated rings. The second-order valence-corrected chi connectivity index (χ2v) is 6.35. The molecule has 1 N–H and O–H groups in total. The zero-order chi connectivity index (χ0) is 18.1. The molecule has 6 nitrogen and oxygen atoms in total. The van der Waals surface area contributed by atoms with Crippen LogP contribution in [0.4, 0.5) is 0 Å². The smallest absolute Gasteiger partial charge is 0.426 e. The van der Waals surface area contributed by atoms with E-state index in [1.807, 2.05) is 6.07 Å². The van der Waals surface area contributed by atoms with Crippen molar-refractivity contribution in [2.75, 3.05) is 13.2 Å². The Kier molecular flexibility index (Phi) is 14.6. The molecule has 1 rings (SSSR count). The topological polar surface area (TPSA) is 82.1 Å². The summed E-state index contributed by atoms with van der Waals surface area (Å²) < 4.78 is 30.7. The van der Waals surface area contributed by atoms with Crippen LogP contribution in [-0.2, 0) is 23.8 Å². The van der Waals surface area contributed by atoms with E-state index in [9.17, 15) is 8.42 Å². The third-order valence-corrected chi connectivity index (χ3v) is 3.70. The van der Waals surface area contributed by atoms with Crippen LogP contribution in [-0.4, -0.2) is 26.7 Å². The highest BCUT2D eigenvalue weighted by molar-refractivity contribution is 7.81. The maximum atomic E-state index is 11.0. The van der Waals surface area contributed by atoms with Gasteiger partial charge in [-0.15, -0.1) is 0 Å². The van der Waals surface area contributed by atoms with Crippen LogP contribution in [0.2, 0.25) is 0 Å². The Hall–Kier alpha value is -1.15. The van der Waals surface area contributed by atoms with Gasteiger partial charge >= 0.3 is 10.4 Å². The summed E-state index contributed by atoms with van der Waals surface area (Å²) in [6.07, 6.45) is 7.78. The summed E-state index contributed by atoms with van der Waals surface area (Å²) in [6.45, 7) is 4.13. The fourth-order valence-corrected chi connectivity index (χ4v) is 2.35. The Labute approximate surface area is 146 Å². The van der Waals surface area contributed by atoms with Crippen molar-refractivity contribution in [2.45, 2.75) is 58.8 Å². The van der Waals surface area contributed by atoms with Crippen LogP contribution >= 0.6 is 0 Å². The van der Waals surface area contributed by atoms with Gasteiger partial charge in [0.05, 0.1) is 13.2 Å². The van der Waals surface area contributed by atoms with E-state index in [-0.39, 0.29) is 13.2 Å². The number of unbranched alkanes of at least 4 members (excludes halogenated alkanes) is 6. The number of phenols is 1. The van der Waals surface area contributed by atoms with E-state index < -0.39 is 10.4 Å². The molecule has 0 aliphatic rings. The van der Waals surface area contributed by atoms with Crippen molar-refractivity contribution in [2.24, 2.45) is 0 Å². The molecule has 0 atom stereocenters. The van der Waals surface area contributed by atoms with E-state index in [0.29, 0.717) is 5.75 Å². The van der Waals surface area contributed by atoms with Gasteiger partial charge in [0.25, 0.3) is 0 Å². The van der Waals surface area contributed by atoms with Gasteiger partial charge in [-0.05, 0) is 25.5 Å². The van der Waals surface area contributed by atoms with Crippen LogP contribution in [0.3, 0.4) is 0 Å². The fraction of sp³-hybridized carbons (Fsp3) is 0.647. The average Bonchev–Trinajstić information content (AvgIpc) is 2.57. The van der Waals surface area contributed by atoms with Crippen LogP contribution in [0.1, 0.15) is 58.8 Å². The molecule has 0 radical (unpaired) electrons. The Morgan fingerprint density at radius 1 is 0.917 bits per heavy atom. The highest BCUT2D eigenvalue weighted by Crippen LogP contribution is 2.08. The number of benzene rings is 1. The summed E-state index contributed by atoms with van der Waals surface area (Å²) in [5, 5.41) is 8.63. The lowest BCUT2D eigenvalue weighted by Gasteiger charge is -2.04. The molecular weight excluding hydrogens is 332 g/mol. The lowest BCUT2D eigenvalue weighted by atomic mass is 10.1.